The van der Waals surface area contributed by atoms with E-state index in [4.69, 9.17) is 16.3 Å². The van der Waals surface area contributed by atoms with Gasteiger partial charge in [0.2, 0.25) is 5.91 Å². The normalized spacial score (nSPS) is 11.8. The van der Waals surface area contributed by atoms with Crippen LogP contribution in [0, 0.1) is 13.8 Å². The predicted molar refractivity (Wildman–Crippen MR) is 116 cm³/mol. The smallest absolute Gasteiger partial charge is 0.261 e. The van der Waals surface area contributed by atoms with E-state index in [0.717, 1.165) is 16.7 Å². The Morgan fingerprint density at radius 2 is 1.69 bits per heavy atom. The Kier molecular flexibility index (Phi) is 8.09. The predicted octanol–water partition coefficient (Wildman–Crippen LogP) is 4.28. The number of ether oxygens (including phenoxy) is 1. The fraction of sp³-hybridized carbons (Fsp3) is 0.391. The third kappa shape index (κ3) is 6.79. The van der Waals surface area contributed by atoms with Gasteiger partial charge in [-0.3, -0.25) is 9.59 Å². The van der Waals surface area contributed by atoms with E-state index in [9.17, 15) is 9.59 Å². The molecule has 0 aromatic heterocycles. The van der Waals surface area contributed by atoms with Gasteiger partial charge in [-0.1, -0.05) is 35.9 Å². The Balaban J connectivity index is 2.19. The summed E-state index contributed by atoms with van der Waals surface area (Å²) in [4.78, 5) is 27.1. The van der Waals surface area contributed by atoms with Gasteiger partial charge in [0.25, 0.3) is 5.91 Å². The summed E-state index contributed by atoms with van der Waals surface area (Å²) in [6, 6.07) is 12.4. The minimum atomic E-state index is -0.663. The van der Waals surface area contributed by atoms with Gasteiger partial charge in [0, 0.05) is 17.6 Å². The summed E-state index contributed by atoms with van der Waals surface area (Å²) in [5, 5.41) is 3.41. The van der Waals surface area contributed by atoms with Gasteiger partial charge < -0.3 is 15.0 Å². The van der Waals surface area contributed by atoms with Crippen molar-refractivity contribution in [2.45, 2.75) is 53.2 Å². The van der Waals surface area contributed by atoms with Gasteiger partial charge in [0.15, 0.2) is 6.61 Å². The highest BCUT2D eigenvalue weighted by atomic mass is 35.5. The lowest BCUT2D eigenvalue weighted by Gasteiger charge is -2.29. The number of amides is 2. The third-order valence-corrected chi connectivity index (χ3v) is 4.82. The lowest BCUT2D eigenvalue weighted by Crippen LogP contribution is -2.50. The summed E-state index contributed by atoms with van der Waals surface area (Å²) in [7, 11) is 0. The van der Waals surface area contributed by atoms with Crippen LogP contribution in [0.2, 0.25) is 5.02 Å². The average Bonchev–Trinajstić information content (AvgIpc) is 2.63. The number of aryl methyl sites for hydroxylation is 2. The van der Waals surface area contributed by atoms with Crippen LogP contribution in [-0.4, -0.2) is 35.4 Å². The van der Waals surface area contributed by atoms with Crippen LogP contribution in [0.25, 0.3) is 0 Å². The average molecular weight is 417 g/mol. The second-order valence-electron chi connectivity index (χ2n) is 7.56. The summed E-state index contributed by atoms with van der Waals surface area (Å²) in [6.45, 7) is 9.49. The number of hydrogen-bond donors (Lipinski definition) is 1. The zero-order chi connectivity index (χ0) is 21.6. The Labute approximate surface area is 178 Å². The molecule has 0 radical (unpaired) electrons. The standard InChI is InChI=1S/C23H29ClN2O3/c1-15(2)25-23(28)18(5)26(13-19-8-6-7-9-21(19)24)22(27)14-29-20-11-16(3)10-17(4)12-20/h6-12,15,18H,13-14H2,1-5H3,(H,25,28)/t18-/m1/s1. The van der Waals surface area contributed by atoms with Gasteiger partial charge in [-0.2, -0.15) is 0 Å². The van der Waals surface area contributed by atoms with Crippen LogP contribution in [0.15, 0.2) is 42.5 Å². The van der Waals surface area contributed by atoms with Crippen LogP contribution < -0.4 is 10.1 Å². The molecule has 6 heteroatoms. The number of benzene rings is 2. The molecule has 1 atom stereocenters. The molecule has 0 spiro atoms. The Morgan fingerprint density at radius 1 is 1.07 bits per heavy atom. The van der Waals surface area contributed by atoms with Crippen LogP contribution in [0.3, 0.4) is 0 Å². The van der Waals surface area contributed by atoms with Crippen LogP contribution in [0.5, 0.6) is 5.75 Å². The van der Waals surface area contributed by atoms with Gasteiger partial charge in [-0.15, -0.1) is 0 Å². The third-order valence-electron chi connectivity index (χ3n) is 4.45. The highest BCUT2D eigenvalue weighted by Crippen LogP contribution is 2.20. The lowest BCUT2D eigenvalue weighted by atomic mass is 10.1. The summed E-state index contributed by atoms with van der Waals surface area (Å²) in [6.07, 6.45) is 0. The molecule has 2 aromatic carbocycles. The van der Waals surface area contributed by atoms with Crippen molar-refractivity contribution < 1.29 is 14.3 Å². The van der Waals surface area contributed by atoms with Crippen LogP contribution >= 0.6 is 11.6 Å². The Morgan fingerprint density at radius 3 is 2.28 bits per heavy atom. The number of halogens is 1. The van der Waals surface area contributed by atoms with Gasteiger partial charge in [-0.25, -0.2) is 0 Å². The first-order chi connectivity index (χ1) is 13.7. The minimum absolute atomic E-state index is 0.0197. The maximum Gasteiger partial charge on any atom is 0.261 e. The van der Waals surface area contributed by atoms with E-state index in [1.54, 1.807) is 13.0 Å². The van der Waals surface area contributed by atoms with E-state index in [-0.39, 0.29) is 31.0 Å². The molecule has 0 aliphatic heterocycles. The van der Waals surface area contributed by atoms with Crippen molar-refractivity contribution in [2.24, 2.45) is 0 Å². The fourth-order valence-corrected chi connectivity index (χ4v) is 3.24. The van der Waals surface area contributed by atoms with Crippen LogP contribution in [0.4, 0.5) is 0 Å². The molecular formula is C23H29ClN2O3. The molecule has 0 bridgehead atoms. The van der Waals surface area contributed by atoms with E-state index in [0.29, 0.717) is 10.8 Å². The van der Waals surface area contributed by atoms with Crippen molar-refractivity contribution in [2.75, 3.05) is 6.61 Å². The topological polar surface area (TPSA) is 58.6 Å². The quantitative estimate of drug-likeness (QED) is 0.698. The fourth-order valence-electron chi connectivity index (χ4n) is 3.04. The number of rotatable bonds is 8. The van der Waals surface area contributed by atoms with Crippen molar-refractivity contribution in [3.8, 4) is 5.75 Å². The molecule has 1 N–H and O–H groups in total. The maximum absolute atomic E-state index is 13.0. The summed E-state index contributed by atoms with van der Waals surface area (Å²) >= 11 is 6.28. The molecule has 0 saturated carbocycles. The van der Waals surface area contributed by atoms with Gasteiger partial charge >= 0.3 is 0 Å². The zero-order valence-corrected chi connectivity index (χ0v) is 18.4. The number of hydrogen-bond acceptors (Lipinski definition) is 3. The largest absolute Gasteiger partial charge is 0.484 e. The molecule has 0 saturated heterocycles. The molecule has 156 valence electrons. The van der Waals surface area contributed by atoms with E-state index in [1.807, 2.05) is 64.1 Å². The molecule has 2 rings (SSSR count). The van der Waals surface area contributed by atoms with Crippen molar-refractivity contribution in [1.29, 1.82) is 0 Å². The SMILES string of the molecule is Cc1cc(C)cc(OCC(=O)N(Cc2ccccc2Cl)[C@H](C)C(=O)NC(C)C)c1. The molecular weight excluding hydrogens is 388 g/mol. The summed E-state index contributed by atoms with van der Waals surface area (Å²) < 4.78 is 5.73. The second-order valence-corrected chi connectivity index (χ2v) is 7.97. The van der Waals surface area contributed by atoms with E-state index in [2.05, 4.69) is 5.32 Å². The molecule has 5 nitrogen and oxygen atoms in total. The number of carbonyl (C=O) groups is 2. The molecule has 29 heavy (non-hydrogen) atoms. The molecule has 0 heterocycles. The monoisotopic (exact) mass is 416 g/mol. The summed E-state index contributed by atoms with van der Waals surface area (Å²) in [5.41, 5.74) is 2.90. The molecule has 0 aliphatic carbocycles. The van der Waals surface area contributed by atoms with E-state index in [1.165, 1.54) is 4.90 Å². The number of carbonyl (C=O) groups excluding carboxylic acids is 2. The molecule has 2 amide bonds. The Bertz CT molecular complexity index is 847. The van der Waals surface area contributed by atoms with Gasteiger partial charge in [0.1, 0.15) is 11.8 Å². The van der Waals surface area contributed by atoms with Crippen LogP contribution in [0.1, 0.15) is 37.5 Å². The first-order valence-corrected chi connectivity index (χ1v) is 10.1. The Hall–Kier alpha value is -2.53. The summed E-state index contributed by atoms with van der Waals surface area (Å²) in [5.74, 6) is 0.134. The second kappa shape index (κ2) is 10.3. The molecule has 2 aromatic rings. The first-order valence-electron chi connectivity index (χ1n) is 9.71. The molecule has 0 aliphatic rings. The molecule has 0 fully saturated rings. The first kappa shape index (κ1) is 22.8. The maximum atomic E-state index is 13.0. The van der Waals surface area contributed by atoms with Crippen molar-refractivity contribution in [3.05, 3.63) is 64.2 Å². The van der Waals surface area contributed by atoms with E-state index < -0.39 is 6.04 Å². The number of nitrogens with zero attached hydrogens (tertiary/aromatic N) is 1. The van der Waals surface area contributed by atoms with Gasteiger partial charge in [-0.05, 0) is 69.5 Å². The molecule has 0 unspecified atom stereocenters. The van der Waals surface area contributed by atoms with Crippen molar-refractivity contribution >= 4 is 23.4 Å². The van der Waals surface area contributed by atoms with Gasteiger partial charge in [0.05, 0.1) is 0 Å². The highest BCUT2D eigenvalue weighted by molar-refractivity contribution is 6.31. The zero-order valence-electron chi connectivity index (χ0n) is 17.7. The number of nitrogens with one attached hydrogen (secondary N) is 1. The highest BCUT2D eigenvalue weighted by Gasteiger charge is 2.27. The van der Waals surface area contributed by atoms with Crippen molar-refractivity contribution in [3.63, 3.8) is 0 Å². The van der Waals surface area contributed by atoms with Crippen LogP contribution in [-0.2, 0) is 16.1 Å². The lowest BCUT2D eigenvalue weighted by molar-refractivity contribution is -0.142. The minimum Gasteiger partial charge on any atom is -0.484 e. The van der Waals surface area contributed by atoms with Crippen molar-refractivity contribution in [1.82, 2.24) is 10.2 Å². The van der Waals surface area contributed by atoms with E-state index >= 15 is 0 Å².